The summed E-state index contributed by atoms with van der Waals surface area (Å²) in [5.41, 5.74) is 0. The van der Waals surface area contributed by atoms with Crippen LogP contribution >= 0.6 is 66.9 Å². The van der Waals surface area contributed by atoms with Gasteiger partial charge >= 0.3 is 0 Å². The minimum atomic E-state index is 0. The van der Waals surface area contributed by atoms with Gasteiger partial charge in [-0.2, -0.15) is 6.07 Å². The molecule has 0 fully saturated rings. The van der Waals surface area contributed by atoms with Gasteiger partial charge in [-0.25, -0.2) is 0 Å². The Balaban J connectivity index is -0.000000302. The molecular formula is C9H9Br4Zr-. The fourth-order valence-electron chi connectivity index (χ4n) is 1.11. The largest absolute Gasteiger partial charge is 0.154 e. The molecule has 0 aliphatic heterocycles. The van der Waals surface area contributed by atoms with Gasteiger partial charge in [-0.1, -0.05) is 26.5 Å². The van der Waals surface area contributed by atoms with E-state index in [0.717, 1.165) is 4.47 Å². The van der Waals surface area contributed by atoms with Gasteiger partial charge in [0.05, 0.1) is 0 Å². The van der Waals surface area contributed by atoms with E-state index >= 15 is 0 Å². The fourth-order valence-corrected chi connectivity index (χ4v) is 1.61. The molecule has 0 aliphatic rings. The molecule has 0 unspecified atom stereocenters. The Morgan fingerprint density at radius 2 is 1.57 bits per heavy atom. The molecule has 0 N–H and O–H groups in total. The second-order valence-corrected chi connectivity index (χ2v) is 3.22. The molecule has 0 aliphatic carbocycles. The van der Waals surface area contributed by atoms with Crippen molar-refractivity contribution in [3.05, 3.63) is 40.9 Å². The van der Waals surface area contributed by atoms with Crippen molar-refractivity contribution in [2.75, 3.05) is 0 Å². The van der Waals surface area contributed by atoms with E-state index in [1.165, 1.54) is 10.8 Å². The third kappa shape index (κ3) is 5.11. The first-order valence-electron chi connectivity index (χ1n) is 3.17. The zero-order valence-corrected chi connectivity index (χ0v) is 16.3. The third-order valence-electron chi connectivity index (χ3n) is 1.58. The maximum atomic E-state index is 3.42. The molecule has 2 aromatic rings. The van der Waals surface area contributed by atoms with Gasteiger partial charge in [0.2, 0.25) is 0 Å². The first-order chi connectivity index (χ1) is 4.86. The fraction of sp³-hybridized carbons (Fsp3) is 0. The van der Waals surface area contributed by atoms with Gasteiger partial charge in [-0.05, 0) is 0 Å². The number of hydrogen-bond donors (Lipinski definition) is 0. The smallest absolute Gasteiger partial charge is 0 e. The Kier molecular flexibility index (Phi) is 14.7. The first-order valence-corrected chi connectivity index (χ1v) is 3.96. The van der Waals surface area contributed by atoms with E-state index in [1.54, 1.807) is 0 Å². The summed E-state index contributed by atoms with van der Waals surface area (Å²) >= 11 is 3.42. The van der Waals surface area contributed by atoms with Crippen LogP contribution in [0.4, 0.5) is 0 Å². The molecule has 0 bridgehead atoms. The Hall–Kier alpha value is 1.63. The van der Waals surface area contributed by atoms with Gasteiger partial charge < -0.3 is 0 Å². The van der Waals surface area contributed by atoms with E-state index in [1.807, 2.05) is 0 Å². The van der Waals surface area contributed by atoms with Crippen molar-refractivity contribution in [3.8, 4) is 0 Å². The summed E-state index contributed by atoms with van der Waals surface area (Å²) in [6.07, 6.45) is 0. The molecule has 0 aromatic heterocycles. The second kappa shape index (κ2) is 9.83. The van der Waals surface area contributed by atoms with E-state index in [9.17, 15) is 0 Å². The molecule has 0 saturated heterocycles. The number of fused-ring (bicyclic) bond motifs is 1. The van der Waals surface area contributed by atoms with Crippen LogP contribution in [0.5, 0.6) is 0 Å². The molecule has 5 heteroatoms. The van der Waals surface area contributed by atoms with Crippen LogP contribution in [0.3, 0.4) is 0 Å². The second-order valence-electron chi connectivity index (χ2n) is 2.30. The Morgan fingerprint density at radius 3 is 2.14 bits per heavy atom. The molecule has 0 saturated carbocycles. The molecule has 0 radical (unpaired) electrons. The summed E-state index contributed by atoms with van der Waals surface area (Å²) in [7, 11) is 0. The van der Waals surface area contributed by atoms with Crippen molar-refractivity contribution in [2.45, 2.75) is 0 Å². The minimum absolute atomic E-state index is 0. The minimum Gasteiger partial charge on any atom is -0.154 e. The molecule has 2 aromatic carbocycles. The van der Waals surface area contributed by atoms with Crippen LogP contribution in [0.15, 0.2) is 40.9 Å². The quantitative estimate of drug-likeness (QED) is 0.421. The van der Waals surface area contributed by atoms with Crippen LogP contribution < -0.4 is 0 Å². The molecule has 14 heavy (non-hydrogen) atoms. The van der Waals surface area contributed by atoms with Gasteiger partial charge in [-0.15, -0.1) is 86.0 Å². The maximum Gasteiger partial charge on any atom is 0 e. The predicted octanol–water partition coefficient (Wildman–Crippen LogP) is 5.05. The number of hydrogen-bond acceptors (Lipinski definition) is 0. The molecule has 0 nitrogen and oxygen atoms in total. The van der Waals surface area contributed by atoms with Crippen molar-refractivity contribution >= 4 is 77.6 Å². The first kappa shape index (κ1) is 21.0. The predicted molar refractivity (Wildman–Crippen MR) is 78.2 cm³/mol. The summed E-state index contributed by atoms with van der Waals surface area (Å²) < 4.78 is 1.16. The molecule has 0 heterocycles. The van der Waals surface area contributed by atoms with E-state index in [0.29, 0.717) is 0 Å². The standard InChI is InChI=1S/C9H6Br.3BrH.Zr/c10-9-5-7-3-1-2-4-8(7)6-9;;;;/h1-6H;3*1H;/q-1;;;;. The van der Waals surface area contributed by atoms with E-state index in [2.05, 4.69) is 52.3 Å². The molecule has 2 rings (SSSR count). The van der Waals surface area contributed by atoms with Crippen LogP contribution in [-0.4, -0.2) is 0 Å². The van der Waals surface area contributed by atoms with Crippen LogP contribution in [0.2, 0.25) is 0 Å². The van der Waals surface area contributed by atoms with Crippen LogP contribution in [-0.2, 0) is 26.2 Å². The average molecular weight is 528 g/mol. The van der Waals surface area contributed by atoms with Crippen LogP contribution in [0.25, 0.3) is 10.8 Å². The van der Waals surface area contributed by atoms with Crippen molar-refractivity contribution in [1.82, 2.24) is 0 Å². The molecular weight excluding hydrogens is 519 g/mol. The van der Waals surface area contributed by atoms with Crippen molar-refractivity contribution in [3.63, 3.8) is 0 Å². The van der Waals surface area contributed by atoms with Crippen LogP contribution in [0.1, 0.15) is 0 Å². The van der Waals surface area contributed by atoms with Crippen LogP contribution in [0, 0.1) is 0 Å². The summed E-state index contributed by atoms with van der Waals surface area (Å²) in [4.78, 5) is 0. The Labute approximate surface area is 143 Å². The van der Waals surface area contributed by atoms with Gasteiger partial charge in [0.25, 0.3) is 0 Å². The maximum absolute atomic E-state index is 3.42. The Morgan fingerprint density at radius 1 is 1.00 bits per heavy atom. The van der Waals surface area contributed by atoms with E-state index < -0.39 is 0 Å². The molecule has 0 amide bonds. The van der Waals surface area contributed by atoms with Crippen molar-refractivity contribution in [1.29, 1.82) is 0 Å². The van der Waals surface area contributed by atoms with Crippen molar-refractivity contribution < 1.29 is 26.2 Å². The van der Waals surface area contributed by atoms with E-state index in [-0.39, 0.29) is 77.1 Å². The monoisotopic (exact) mass is 523 g/mol. The normalized spacial score (nSPS) is 7.50. The molecule has 78 valence electrons. The van der Waals surface area contributed by atoms with Gasteiger partial charge in [-0.3, -0.25) is 0 Å². The SMILES string of the molecule is Br.Br.Br.Brc1cc2ccccc2[cH-]1.[Zr]. The summed E-state index contributed by atoms with van der Waals surface area (Å²) in [6.45, 7) is 0. The summed E-state index contributed by atoms with van der Waals surface area (Å²) in [5, 5.41) is 2.60. The molecule has 0 atom stereocenters. The van der Waals surface area contributed by atoms with Crippen molar-refractivity contribution in [2.24, 2.45) is 0 Å². The van der Waals surface area contributed by atoms with E-state index in [4.69, 9.17) is 0 Å². The summed E-state index contributed by atoms with van der Waals surface area (Å²) in [6, 6.07) is 12.6. The average Bonchev–Trinajstić information content (AvgIpc) is 2.27. The number of rotatable bonds is 0. The number of halogens is 4. The Bertz CT molecular complexity index is 325. The third-order valence-corrected chi connectivity index (χ3v) is 2.04. The topological polar surface area (TPSA) is 0 Å². The van der Waals surface area contributed by atoms with Gasteiger partial charge in [0, 0.05) is 26.2 Å². The molecule has 0 spiro atoms. The zero-order valence-electron chi connectivity index (χ0n) is 7.07. The zero-order chi connectivity index (χ0) is 6.97. The van der Waals surface area contributed by atoms with Gasteiger partial charge in [0.15, 0.2) is 0 Å². The van der Waals surface area contributed by atoms with Gasteiger partial charge in [0.1, 0.15) is 0 Å². The number of benzene rings is 1. The summed E-state index contributed by atoms with van der Waals surface area (Å²) in [5.74, 6) is 0.